The molecule has 0 bridgehead atoms. The van der Waals surface area contributed by atoms with Crippen molar-refractivity contribution in [2.24, 2.45) is 11.8 Å². The Morgan fingerprint density at radius 3 is 2.60 bits per heavy atom. The summed E-state index contributed by atoms with van der Waals surface area (Å²) in [5.74, 6) is 1.71. The monoisotopic (exact) mass is 291 g/mol. The van der Waals surface area contributed by atoms with Gasteiger partial charge in [0.05, 0.1) is 0 Å². The lowest BCUT2D eigenvalue weighted by Gasteiger charge is -2.37. The van der Waals surface area contributed by atoms with Gasteiger partial charge in [0.25, 0.3) is 0 Å². The van der Waals surface area contributed by atoms with Crippen LogP contribution in [0.2, 0.25) is 0 Å². The van der Waals surface area contributed by atoms with E-state index >= 15 is 0 Å². The lowest BCUT2D eigenvalue weighted by atomic mass is 9.79. The molecule has 0 saturated heterocycles. The Kier molecular flexibility index (Phi) is 5.57. The van der Waals surface area contributed by atoms with Crippen LogP contribution in [0.4, 0.5) is 0 Å². The summed E-state index contributed by atoms with van der Waals surface area (Å²) < 4.78 is 0. The molecule has 1 aliphatic carbocycles. The Balaban J connectivity index is 2.13. The van der Waals surface area contributed by atoms with Crippen molar-refractivity contribution in [3.8, 4) is 0 Å². The van der Waals surface area contributed by atoms with E-state index in [-0.39, 0.29) is 0 Å². The van der Waals surface area contributed by atoms with Crippen molar-refractivity contribution in [1.29, 1.82) is 0 Å². The van der Waals surface area contributed by atoms with E-state index in [1.807, 2.05) is 0 Å². The van der Waals surface area contributed by atoms with Gasteiger partial charge in [0.1, 0.15) is 0 Å². The predicted molar refractivity (Wildman–Crippen MR) is 90.6 cm³/mol. The summed E-state index contributed by atoms with van der Waals surface area (Å²) >= 11 is 2.10. The van der Waals surface area contributed by atoms with Gasteiger partial charge in [0.15, 0.2) is 0 Å². The van der Waals surface area contributed by atoms with Crippen LogP contribution in [-0.4, -0.2) is 18.3 Å². The van der Waals surface area contributed by atoms with Crippen LogP contribution in [0.3, 0.4) is 0 Å². The van der Waals surface area contributed by atoms with Gasteiger partial charge >= 0.3 is 0 Å². The zero-order valence-electron chi connectivity index (χ0n) is 13.6. The molecule has 1 aromatic rings. The molecule has 1 nitrogen and oxygen atoms in total. The second-order valence-corrected chi connectivity index (χ2v) is 7.92. The Hall–Kier alpha value is -0.470. The molecule has 0 heterocycles. The van der Waals surface area contributed by atoms with E-state index in [1.54, 1.807) is 0 Å². The van der Waals surface area contributed by atoms with Gasteiger partial charge in [-0.15, -0.1) is 11.8 Å². The topological polar surface area (TPSA) is 12.0 Å². The summed E-state index contributed by atoms with van der Waals surface area (Å²) in [6.45, 7) is 9.18. The normalized spacial score (nSPS) is 27.0. The molecule has 3 atom stereocenters. The van der Waals surface area contributed by atoms with Crippen LogP contribution >= 0.6 is 11.8 Å². The van der Waals surface area contributed by atoms with Crippen LogP contribution < -0.4 is 5.32 Å². The first-order chi connectivity index (χ1) is 9.51. The van der Waals surface area contributed by atoms with Gasteiger partial charge in [-0.25, -0.2) is 0 Å². The quantitative estimate of drug-likeness (QED) is 0.854. The highest BCUT2D eigenvalue weighted by atomic mass is 32.2. The Morgan fingerprint density at radius 1 is 1.20 bits per heavy atom. The van der Waals surface area contributed by atoms with Gasteiger partial charge in [0.2, 0.25) is 0 Å². The van der Waals surface area contributed by atoms with Crippen LogP contribution in [0.25, 0.3) is 0 Å². The molecule has 1 aromatic carbocycles. The Bertz CT molecular complexity index is 441. The van der Waals surface area contributed by atoms with E-state index < -0.39 is 0 Å². The van der Waals surface area contributed by atoms with Crippen molar-refractivity contribution in [2.75, 3.05) is 7.05 Å². The van der Waals surface area contributed by atoms with Gasteiger partial charge in [-0.3, -0.25) is 0 Å². The number of aryl methyl sites for hydroxylation is 2. The third-order valence-corrected chi connectivity index (χ3v) is 6.29. The van der Waals surface area contributed by atoms with Crippen LogP contribution in [0.5, 0.6) is 0 Å². The zero-order chi connectivity index (χ0) is 14.7. The molecule has 1 aliphatic rings. The number of hydrogen-bond donors (Lipinski definition) is 1. The first-order valence-electron chi connectivity index (χ1n) is 7.92. The van der Waals surface area contributed by atoms with Crippen LogP contribution in [0.15, 0.2) is 23.1 Å². The lowest BCUT2D eigenvalue weighted by molar-refractivity contribution is 0.251. The average molecular weight is 292 g/mol. The standard InChI is InChI=1S/C18H29NS/c1-12(2)15-8-9-16(19-5)18(11-15)20-17-10-13(3)6-7-14(17)4/h6-7,10,12,15-16,18-19H,8-9,11H2,1-5H3. The van der Waals surface area contributed by atoms with Crippen molar-refractivity contribution in [3.63, 3.8) is 0 Å². The van der Waals surface area contributed by atoms with E-state index in [4.69, 9.17) is 0 Å². The summed E-state index contributed by atoms with van der Waals surface area (Å²) in [5, 5.41) is 4.26. The fraction of sp³-hybridized carbons (Fsp3) is 0.667. The second-order valence-electron chi connectivity index (χ2n) is 6.64. The fourth-order valence-corrected chi connectivity index (χ4v) is 4.84. The van der Waals surface area contributed by atoms with Gasteiger partial charge in [-0.1, -0.05) is 31.5 Å². The third kappa shape index (κ3) is 3.79. The minimum Gasteiger partial charge on any atom is -0.316 e. The molecule has 3 unspecified atom stereocenters. The first-order valence-corrected chi connectivity index (χ1v) is 8.80. The van der Waals surface area contributed by atoms with Crippen molar-refractivity contribution in [3.05, 3.63) is 29.3 Å². The SMILES string of the molecule is CNC1CCC(C(C)C)CC1Sc1cc(C)ccc1C. The van der Waals surface area contributed by atoms with Gasteiger partial charge < -0.3 is 5.32 Å². The van der Waals surface area contributed by atoms with E-state index in [1.165, 1.54) is 35.3 Å². The molecule has 1 fully saturated rings. The molecule has 0 aliphatic heterocycles. The van der Waals surface area contributed by atoms with Gasteiger partial charge in [-0.2, -0.15) is 0 Å². The molecule has 2 heteroatoms. The van der Waals surface area contributed by atoms with E-state index in [0.29, 0.717) is 11.3 Å². The second kappa shape index (κ2) is 7.00. The molecule has 0 aromatic heterocycles. The average Bonchev–Trinajstić information content (AvgIpc) is 2.42. The molecular weight excluding hydrogens is 262 g/mol. The lowest BCUT2D eigenvalue weighted by Crippen LogP contribution is -2.41. The highest BCUT2D eigenvalue weighted by Gasteiger charge is 2.31. The van der Waals surface area contributed by atoms with E-state index in [2.05, 4.69) is 70.0 Å². The minimum absolute atomic E-state index is 0.662. The van der Waals surface area contributed by atoms with Gasteiger partial charge in [-0.05, 0) is 63.6 Å². The summed E-state index contributed by atoms with van der Waals surface area (Å²) in [4.78, 5) is 1.47. The number of rotatable bonds is 4. The zero-order valence-corrected chi connectivity index (χ0v) is 14.4. The minimum atomic E-state index is 0.662. The molecule has 1 N–H and O–H groups in total. The summed E-state index contributed by atoms with van der Waals surface area (Å²) in [7, 11) is 2.12. The molecule has 20 heavy (non-hydrogen) atoms. The number of benzene rings is 1. The fourth-order valence-electron chi connectivity index (χ4n) is 3.22. The van der Waals surface area contributed by atoms with Crippen LogP contribution in [0.1, 0.15) is 44.2 Å². The molecule has 0 spiro atoms. The molecule has 112 valence electrons. The van der Waals surface area contributed by atoms with E-state index in [9.17, 15) is 0 Å². The van der Waals surface area contributed by atoms with Crippen molar-refractivity contribution < 1.29 is 0 Å². The molecule has 0 radical (unpaired) electrons. The third-order valence-electron chi connectivity index (χ3n) is 4.77. The highest BCUT2D eigenvalue weighted by Crippen LogP contribution is 2.40. The summed E-state index contributed by atoms with van der Waals surface area (Å²) in [5.41, 5.74) is 2.79. The molecule has 1 saturated carbocycles. The summed E-state index contributed by atoms with van der Waals surface area (Å²) in [6, 6.07) is 7.49. The maximum absolute atomic E-state index is 3.55. The highest BCUT2D eigenvalue weighted by molar-refractivity contribution is 8.00. The Labute approximate surface area is 128 Å². The predicted octanol–water partition coefficient (Wildman–Crippen LogP) is 4.81. The van der Waals surface area contributed by atoms with Crippen LogP contribution in [-0.2, 0) is 0 Å². The van der Waals surface area contributed by atoms with E-state index in [0.717, 1.165) is 11.8 Å². The van der Waals surface area contributed by atoms with Crippen molar-refractivity contribution in [1.82, 2.24) is 5.32 Å². The number of hydrogen-bond acceptors (Lipinski definition) is 2. The first kappa shape index (κ1) is 15.9. The van der Waals surface area contributed by atoms with Crippen molar-refractivity contribution in [2.45, 2.75) is 63.1 Å². The van der Waals surface area contributed by atoms with Crippen LogP contribution in [0, 0.1) is 25.7 Å². The summed E-state index contributed by atoms with van der Waals surface area (Å²) in [6.07, 6.45) is 4.05. The van der Waals surface area contributed by atoms with Gasteiger partial charge in [0, 0.05) is 16.2 Å². The van der Waals surface area contributed by atoms with Crippen molar-refractivity contribution >= 4 is 11.8 Å². The molecule has 0 amide bonds. The molecular formula is C18H29NS. The Morgan fingerprint density at radius 2 is 1.95 bits per heavy atom. The maximum atomic E-state index is 3.55. The number of thioether (sulfide) groups is 1. The number of nitrogens with one attached hydrogen (secondary N) is 1. The smallest absolute Gasteiger partial charge is 0.0251 e. The molecule has 2 rings (SSSR count). The largest absolute Gasteiger partial charge is 0.316 e. The maximum Gasteiger partial charge on any atom is 0.0251 e.